The van der Waals surface area contributed by atoms with Crippen LogP contribution in [-0.2, 0) is 6.42 Å². The van der Waals surface area contributed by atoms with E-state index in [2.05, 4.69) is 0 Å². The summed E-state index contributed by atoms with van der Waals surface area (Å²) < 4.78 is 37.9. The Bertz CT molecular complexity index is 449. The average Bonchev–Trinajstić information content (AvgIpc) is 2.39. The maximum atomic E-state index is 12.6. The highest BCUT2D eigenvalue weighted by molar-refractivity contribution is 6.31. The number of hydrogen-bond acceptors (Lipinski definition) is 2. The molecule has 2 nitrogen and oxygen atoms in total. The monoisotopic (exact) mass is 322 g/mol. The van der Waals surface area contributed by atoms with Crippen molar-refractivity contribution in [2.24, 2.45) is 5.73 Å². The third-order valence-corrected chi connectivity index (χ3v) is 3.62. The minimum atomic E-state index is -4.23. The Morgan fingerprint density at radius 1 is 1.29 bits per heavy atom. The molecule has 0 radical (unpaired) electrons. The van der Waals surface area contributed by atoms with Gasteiger partial charge in [0.1, 0.15) is 6.54 Å². The normalized spacial score (nSPS) is 13.3. The van der Waals surface area contributed by atoms with Crippen LogP contribution in [0.5, 0.6) is 0 Å². The predicted octanol–water partition coefficient (Wildman–Crippen LogP) is 4.40. The summed E-state index contributed by atoms with van der Waals surface area (Å²) >= 11 is 6.18. The van der Waals surface area contributed by atoms with E-state index in [1.807, 2.05) is 13.8 Å². The zero-order valence-electron chi connectivity index (χ0n) is 12.4. The number of hydrogen-bond donors (Lipinski definition) is 1. The van der Waals surface area contributed by atoms with Crippen LogP contribution in [0.2, 0.25) is 5.02 Å². The number of nitrogens with zero attached hydrogens (tertiary/aromatic N) is 1. The summed E-state index contributed by atoms with van der Waals surface area (Å²) in [7, 11) is 0. The van der Waals surface area contributed by atoms with Gasteiger partial charge in [-0.2, -0.15) is 13.2 Å². The summed E-state index contributed by atoms with van der Waals surface area (Å²) in [6.07, 6.45) is -2.14. The molecule has 1 rings (SSSR count). The molecule has 0 saturated carbocycles. The first-order valence-electron chi connectivity index (χ1n) is 7.12. The topological polar surface area (TPSA) is 29.3 Å². The molecule has 0 heterocycles. The minimum absolute atomic E-state index is 0.00951. The van der Waals surface area contributed by atoms with E-state index < -0.39 is 12.7 Å². The van der Waals surface area contributed by atoms with Crippen molar-refractivity contribution in [3.05, 3.63) is 28.8 Å². The van der Waals surface area contributed by atoms with E-state index in [0.717, 1.165) is 12.0 Å². The highest BCUT2D eigenvalue weighted by atomic mass is 35.5. The number of halogens is 4. The van der Waals surface area contributed by atoms with Crippen molar-refractivity contribution in [2.75, 3.05) is 18.0 Å². The van der Waals surface area contributed by atoms with Gasteiger partial charge in [0.2, 0.25) is 0 Å². The first-order valence-corrected chi connectivity index (χ1v) is 7.50. The van der Waals surface area contributed by atoms with Gasteiger partial charge in [0.15, 0.2) is 0 Å². The second-order valence-electron chi connectivity index (χ2n) is 5.18. The maximum Gasteiger partial charge on any atom is 0.405 e. The molecule has 0 aliphatic heterocycles. The summed E-state index contributed by atoms with van der Waals surface area (Å²) in [5.74, 6) is 0. The molecule has 0 aliphatic carbocycles. The molecule has 1 aromatic carbocycles. The van der Waals surface area contributed by atoms with E-state index in [4.69, 9.17) is 17.3 Å². The average molecular weight is 323 g/mol. The van der Waals surface area contributed by atoms with Crippen LogP contribution in [0.1, 0.15) is 32.3 Å². The van der Waals surface area contributed by atoms with E-state index >= 15 is 0 Å². The van der Waals surface area contributed by atoms with Gasteiger partial charge in [-0.25, -0.2) is 0 Å². The Balaban J connectivity index is 2.92. The SMILES string of the molecule is CCCN(CC(F)(F)F)c1ccc(CC(N)CC)c(Cl)c1. The van der Waals surface area contributed by atoms with Crippen molar-refractivity contribution in [3.8, 4) is 0 Å². The molecule has 0 spiro atoms. The van der Waals surface area contributed by atoms with Gasteiger partial charge in [-0.1, -0.05) is 31.5 Å². The third-order valence-electron chi connectivity index (χ3n) is 3.27. The van der Waals surface area contributed by atoms with E-state index in [1.165, 1.54) is 4.90 Å². The lowest BCUT2D eigenvalue weighted by molar-refractivity contribution is -0.119. The molecule has 1 aromatic rings. The maximum absolute atomic E-state index is 12.6. The molecule has 0 bridgehead atoms. The molecule has 0 aromatic heterocycles. The Labute approximate surface area is 129 Å². The number of alkyl halides is 3. The van der Waals surface area contributed by atoms with Crippen LogP contribution in [0.25, 0.3) is 0 Å². The van der Waals surface area contributed by atoms with Crippen LogP contribution in [-0.4, -0.2) is 25.3 Å². The fourth-order valence-electron chi connectivity index (χ4n) is 2.11. The van der Waals surface area contributed by atoms with Crippen LogP contribution < -0.4 is 10.6 Å². The van der Waals surface area contributed by atoms with Crippen LogP contribution in [0.15, 0.2) is 18.2 Å². The zero-order chi connectivity index (χ0) is 16.0. The smallest absolute Gasteiger partial charge is 0.363 e. The van der Waals surface area contributed by atoms with Crippen molar-refractivity contribution in [1.82, 2.24) is 0 Å². The molecule has 6 heteroatoms. The van der Waals surface area contributed by atoms with Crippen molar-refractivity contribution < 1.29 is 13.2 Å². The van der Waals surface area contributed by atoms with E-state index in [9.17, 15) is 13.2 Å². The molecule has 1 unspecified atom stereocenters. The van der Waals surface area contributed by atoms with Crippen LogP contribution in [0, 0.1) is 0 Å². The highest BCUT2D eigenvalue weighted by Crippen LogP contribution is 2.27. The van der Waals surface area contributed by atoms with E-state index in [1.54, 1.807) is 18.2 Å². The van der Waals surface area contributed by atoms with Gasteiger partial charge >= 0.3 is 6.18 Å². The molecule has 0 saturated heterocycles. The standard InChI is InChI=1S/C15H22ClF3N2/c1-3-7-21(10-15(17,18)19)13-6-5-11(14(16)9-13)8-12(20)4-2/h5-6,9,12H,3-4,7-8,10,20H2,1-2H3. The number of nitrogens with two attached hydrogens (primary N) is 1. The van der Waals surface area contributed by atoms with Gasteiger partial charge in [0, 0.05) is 23.3 Å². The quantitative estimate of drug-likeness (QED) is 0.806. The minimum Gasteiger partial charge on any atom is -0.363 e. The van der Waals surface area contributed by atoms with Crippen LogP contribution >= 0.6 is 11.6 Å². The van der Waals surface area contributed by atoms with Crippen LogP contribution in [0.4, 0.5) is 18.9 Å². The lowest BCUT2D eigenvalue weighted by atomic mass is 10.0. The molecule has 1 atom stereocenters. The fraction of sp³-hybridized carbons (Fsp3) is 0.600. The van der Waals surface area contributed by atoms with Gasteiger partial charge in [-0.05, 0) is 37.0 Å². The largest absolute Gasteiger partial charge is 0.405 e. The first-order chi connectivity index (χ1) is 9.76. The molecular weight excluding hydrogens is 301 g/mol. The highest BCUT2D eigenvalue weighted by Gasteiger charge is 2.30. The molecule has 0 fully saturated rings. The molecule has 0 aliphatic rings. The van der Waals surface area contributed by atoms with Crippen molar-refractivity contribution in [2.45, 2.75) is 45.3 Å². The van der Waals surface area contributed by atoms with Crippen molar-refractivity contribution in [3.63, 3.8) is 0 Å². The van der Waals surface area contributed by atoms with Gasteiger partial charge in [0.25, 0.3) is 0 Å². The van der Waals surface area contributed by atoms with Gasteiger partial charge in [0.05, 0.1) is 0 Å². The number of benzene rings is 1. The van der Waals surface area contributed by atoms with Gasteiger partial charge < -0.3 is 10.6 Å². The Morgan fingerprint density at radius 2 is 1.95 bits per heavy atom. The lowest BCUT2D eigenvalue weighted by Gasteiger charge is -2.26. The summed E-state index contributed by atoms with van der Waals surface area (Å²) in [6, 6.07) is 5.06. The molecule has 21 heavy (non-hydrogen) atoms. The Morgan fingerprint density at radius 3 is 2.43 bits per heavy atom. The van der Waals surface area contributed by atoms with E-state index in [-0.39, 0.29) is 6.04 Å². The van der Waals surface area contributed by atoms with Crippen molar-refractivity contribution >= 4 is 17.3 Å². The second-order valence-corrected chi connectivity index (χ2v) is 5.59. The second kappa shape index (κ2) is 7.90. The van der Waals surface area contributed by atoms with Crippen LogP contribution in [0.3, 0.4) is 0 Å². The molecule has 2 N–H and O–H groups in total. The number of rotatable bonds is 7. The first kappa shape index (κ1) is 18.1. The fourth-order valence-corrected chi connectivity index (χ4v) is 2.36. The molecule has 0 amide bonds. The molecule has 120 valence electrons. The van der Waals surface area contributed by atoms with Crippen molar-refractivity contribution in [1.29, 1.82) is 0 Å². The zero-order valence-corrected chi connectivity index (χ0v) is 13.1. The number of anilines is 1. The third kappa shape index (κ3) is 6.14. The Hall–Kier alpha value is -0.940. The van der Waals surface area contributed by atoms with E-state index in [0.29, 0.717) is 30.1 Å². The molecular formula is C15H22ClF3N2. The van der Waals surface area contributed by atoms with Gasteiger partial charge in [-0.15, -0.1) is 0 Å². The predicted molar refractivity (Wildman–Crippen MR) is 82.0 cm³/mol. The Kier molecular flexibility index (Phi) is 6.81. The summed E-state index contributed by atoms with van der Waals surface area (Å²) in [5, 5.41) is 0.472. The summed E-state index contributed by atoms with van der Waals surface area (Å²) in [5.41, 5.74) is 7.25. The summed E-state index contributed by atoms with van der Waals surface area (Å²) in [4.78, 5) is 1.30. The van der Waals surface area contributed by atoms with Gasteiger partial charge in [-0.3, -0.25) is 0 Å². The lowest BCUT2D eigenvalue weighted by Crippen LogP contribution is -2.34. The summed E-state index contributed by atoms with van der Waals surface area (Å²) in [6.45, 7) is 3.20.